The van der Waals surface area contributed by atoms with E-state index >= 15 is 0 Å². The summed E-state index contributed by atoms with van der Waals surface area (Å²) in [7, 11) is 0. The smallest absolute Gasteiger partial charge is 0.237 e. The summed E-state index contributed by atoms with van der Waals surface area (Å²) in [5, 5.41) is 7.29. The molecular formula is C17H25ClN4O. The van der Waals surface area contributed by atoms with Gasteiger partial charge in [0.1, 0.15) is 0 Å². The van der Waals surface area contributed by atoms with Crippen molar-refractivity contribution in [2.24, 2.45) is 5.73 Å². The highest BCUT2D eigenvalue weighted by Gasteiger charge is 2.13. The average molecular weight is 337 g/mol. The van der Waals surface area contributed by atoms with Gasteiger partial charge < -0.3 is 11.1 Å². The van der Waals surface area contributed by atoms with Crippen LogP contribution in [0.5, 0.6) is 0 Å². The van der Waals surface area contributed by atoms with Gasteiger partial charge in [0, 0.05) is 18.8 Å². The SMILES string of the molecule is Cc1cc(C)n(CCCNC(=O)C(N)Cc2ccccc2)n1.Cl. The molecule has 1 aromatic heterocycles. The van der Waals surface area contributed by atoms with E-state index in [1.807, 2.05) is 54.9 Å². The van der Waals surface area contributed by atoms with Gasteiger partial charge in [0.2, 0.25) is 5.91 Å². The zero-order chi connectivity index (χ0) is 15.9. The Morgan fingerprint density at radius 2 is 2.00 bits per heavy atom. The maximum atomic E-state index is 12.0. The molecule has 1 atom stereocenters. The van der Waals surface area contributed by atoms with Crippen molar-refractivity contribution in [2.45, 2.75) is 39.3 Å². The number of hydrogen-bond acceptors (Lipinski definition) is 3. The van der Waals surface area contributed by atoms with Crippen molar-refractivity contribution in [1.29, 1.82) is 0 Å². The van der Waals surface area contributed by atoms with E-state index in [-0.39, 0.29) is 18.3 Å². The summed E-state index contributed by atoms with van der Waals surface area (Å²) in [5.74, 6) is -0.0998. The van der Waals surface area contributed by atoms with Gasteiger partial charge in [0.25, 0.3) is 0 Å². The van der Waals surface area contributed by atoms with Crippen molar-refractivity contribution in [3.05, 3.63) is 53.3 Å². The second-order valence-electron chi connectivity index (χ2n) is 5.59. The Balaban J connectivity index is 0.00000264. The number of hydrogen-bond donors (Lipinski definition) is 2. The van der Waals surface area contributed by atoms with Crippen molar-refractivity contribution in [1.82, 2.24) is 15.1 Å². The molecule has 1 heterocycles. The fraction of sp³-hybridized carbons (Fsp3) is 0.412. The molecule has 126 valence electrons. The van der Waals surface area contributed by atoms with E-state index in [4.69, 9.17) is 5.73 Å². The molecule has 0 radical (unpaired) electrons. The number of aryl methyl sites for hydroxylation is 3. The maximum Gasteiger partial charge on any atom is 0.237 e. The Morgan fingerprint density at radius 3 is 2.61 bits per heavy atom. The van der Waals surface area contributed by atoms with Crippen molar-refractivity contribution >= 4 is 18.3 Å². The van der Waals surface area contributed by atoms with Crippen LogP contribution in [-0.4, -0.2) is 28.3 Å². The van der Waals surface area contributed by atoms with Gasteiger partial charge in [0.05, 0.1) is 11.7 Å². The number of nitrogens with zero attached hydrogens (tertiary/aromatic N) is 2. The molecule has 0 aliphatic heterocycles. The van der Waals surface area contributed by atoms with Crippen LogP contribution in [0.4, 0.5) is 0 Å². The lowest BCUT2D eigenvalue weighted by atomic mass is 10.1. The third kappa shape index (κ3) is 6.04. The van der Waals surface area contributed by atoms with Crippen LogP contribution in [0.3, 0.4) is 0 Å². The lowest BCUT2D eigenvalue weighted by molar-refractivity contribution is -0.122. The van der Waals surface area contributed by atoms with Gasteiger partial charge in [-0.2, -0.15) is 5.10 Å². The van der Waals surface area contributed by atoms with Crippen LogP contribution in [-0.2, 0) is 17.8 Å². The van der Waals surface area contributed by atoms with Gasteiger partial charge in [-0.3, -0.25) is 9.48 Å². The van der Waals surface area contributed by atoms with E-state index in [0.29, 0.717) is 13.0 Å². The van der Waals surface area contributed by atoms with Crippen molar-refractivity contribution in [3.8, 4) is 0 Å². The second-order valence-corrected chi connectivity index (χ2v) is 5.59. The van der Waals surface area contributed by atoms with Gasteiger partial charge in [-0.15, -0.1) is 12.4 Å². The van der Waals surface area contributed by atoms with Gasteiger partial charge in [0.15, 0.2) is 0 Å². The molecule has 23 heavy (non-hydrogen) atoms. The predicted octanol–water partition coefficient (Wildman–Crippen LogP) is 2.00. The maximum absolute atomic E-state index is 12.0. The molecule has 6 heteroatoms. The van der Waals surface area contributed by atoms with Crippen molar-refractivity contribution in [3.63, 3.8) is 0 Å². The number of carbonyl (C=O) groups excluding carboxylic acids is 1. The molecular weight excluding hydrogens is 312 g/mol. The lowest BCUT2D eigenvalue weighted by Crippen LogP contribution is -2.42. The standard InChI is InChI=1S/C17H24N4O.ClH/c1-13-11-14(2)21(20-13)10-6-9-19-17(22)16(18)12-15-7-4-3-5-8-15;/h3-5,7-8,11,16H,6,9-10,12,18H2,1-2H3,(H,19,22);1H. The summed E-state index contributed by atoms with van der Waals surface area (Å²) < 4.78 is 1.96. The first-order chi connectivity index (χ1) is 10.6. The highest BCUT2D eigenvalue weighted by molar-refractivity contribution is 5.85. The van der Waals surface area contributed by atoms with Crippen LogP contribution in [0.2, 0.25) is 0 Å². The largest absolute Gasteiger partial charge is 0.355 e. The summed E-state index contributed by atoms with van der Waals surface area (Å²) in [6, 6.07) is 11.4. The summed E-state index contributed by atoms with van der Waals surface area (Å²) >= 11 is 0. The number of nitrogens with two attached hydrogens (primary N) is 1. The van der Waals surface area contributed by atoms with Crippen LogP contribution in [0.15, 0.2) is 36.4 Å². The molecule has 0 spiro atoms. The molecule has 3 N–H and O–H groups in total. The van der Waals surface area contributed by atoms with E-state index in [9.17, 15) is 4.79 Å². The van der Waals surface area contributed by atoms with Gasteiger partial charge in [-0.05, 0) is 38.3 Å². The third-order valence-electron chi connectivity index (χ3n) is 3.58. The molecule has 0 bridgehead atoms. The number of nitrogens with one attached hydrogen (secondary N) is 1. The molecule has 0 fully saturated rings. The Labute approximate surface area is 143 Å². The first kappa shape index (κ1) is 19.2. The normalized spacial score (nSPS) is 11.6. The third-order valence-corrected chi connectivity index (χ3v) is 3.58. The topological polar surface area (TPSA) is 72.9 Å². The molecule has 2 aromatic rings. The Morgan fingerprint density at radius 1 is 1.30 bits per heavy atom. The minimum atomic E-state index is -0.504. The first-order valence-corrected chi connectivity index (χ1v) is 7.64. The minimum absolute atomic E-state index is 0. The van der Waals surface area contributed by atoms with E-state index in [1.165, 1.54) is 0 Å². The number of halogens is 1. The first-order valence-electron chi connectivity index (χ1n) is 7.64. The fourth-order valence-corrected chi connectivity index (χ4v) is 2.43. The molecule has 1 unspecified atom stereocenters. The zero-order valence-electron chi connectivity index (χ0n) is 13.7. The monoisotopic (exact) mass is 336 g/mol. The highest BCUT2D eigenvalue weighted by Crippen LogP contribution is 2.03. The molecule has 0 saturated carbocycles. The summed E-state index contributed by atoms with van der Waals surface area (Å²) in [6.45, 7) is 5.43. The molecule has 1 amide bonds. The number of aromatic nitrogens is 2. The molecule has 2 rings (SSSR count). The fourth-order valence-electron chi connectivity index (χ4n) is 2.43. The number of amides is 1. The molecule has 5 nitrogen and oxygen atoms in total. The van der Waals surface area contributed by atoms with Crippen LogP contribution >= 0.6 is 12.4 Å². The Hall–Kier alpha value is -1.85. The van der Waals surface area contributed by atoms with Gasteiger partial charge >= 0.3 is 0 Å². The predicted molar refractivity (Wildman–Crippen MR) is 94.7 cm³/mol. The number of benzene rings is 1. The van der Waals surface area contributed by atoms with Crippen LogP contribution in [0.1, 0.15) is 23.4 Å². The minimum Gasteiger partial charge on any atom is -0.355 e. The molecule has 0 aliphatic carbocycles. The van der Waals surface area contributed by atoms with E-state index < -0.39 is 6.04 Å². The van der Waals surface area contributed by atoms with Crippen LogP contribution in [0.25, 0.3) is 0 Å². The highest BCUT2D eigenvalue weighted by atomic mass is 35.5. The summed E-state index contributed by atoms with van der Waals surface area (Å²) in [5.41, 5.74) is 9.18. The van der Waals surface area contributed by atoms with E-state index in [1.54, 1.807) is 0 Å². The Bertz CT molecular complexity index is 612. The quantitative estimate of drug-likeness (QED) is 0.759. The molecule has 1 aromatic carbocycles. The van der Waals surface area contributed by atoms with Crippen molar-refractivity contribution in [2.75, 3.05) is 6.54 Å². The second kappa shape index (κ2) is 9.33. The van der Waals surface area contributed by atoms with E-state index in [0.717, 1.165) is 29.9 Å². The number of rotatable bonds is 7. The van der Waals surface area contributed by atoms with Crippen LogP contribution in [0, 0.1) is 13.8 Å². The van der Waals surface area contributed by atoms with Crippen LogP contribution < -0.4 is 11.1 Å². The summed E-state index contributed by atoms with van der Waals surface area (Å²) in [4.78, 5) is 12.0. The Kier molecular flexibility index (Phi) is 7.78. The van der Waals surface area contributed by atoms with Gasteiger partial charge in [-0.1, -0.05) is 30.3 Å². The van der Waals surface area contributed by atoms with Crippen molar-refractivity contribution < 1.29 is 4.79 Å². The van der Waals surface area contributed by atoms with Gasteiger partial charge in [-0.25, -0.2) is 0 Å². The molecule has 0 saturated heterocycles. The van der Waals surface area contributed by atoms with E-state index in [2.05, 4.69) is 10.4 Å². The molecule has 0 aliphatic rings. The zero-order valence-corrected chi connectivity index (χ0v) is 14.5. The average Bonchev–Trinajstić information content (AvgIpc) is 2.82. The lowest BCUT2D eigenvalue weighted by Gasteiger charge is -2.12. The summed E-state index contributed by atoms with van der Waals surface area (Å²) in [6.07, 6.45) is 1.40. The number of carbonyl (C=O) groups is 1.